The highest BCUT2D eigenvalue weighted by molar-refractivity contribution is 5.94. The van der Waals surface area contributed by atoms with Gasteiger partial charge in [-0.15, -0.1) is 0 Å². The molecule has 232 valence electrons. The van der Waals surface area contributed by atoms with Crippen LogP contribution >= 0.6 is 0 Å². The van der Waals surface area contributed by atoms with Crippen LogP contribution in [0.3, 0.4) is 0 Å². The summed E-state index contributed by atoms with van der Waals surface area (Å²) in [6, 6.07) is 2.76. The average Bonchev–Trinajstić information content (AvgIpc) is 3.34. The van der Waals surface area contributed by atoms with Crippen LogP contribution in [0.5, 0.6) is 0 Å². The fraction of sp³-hybridized carbons (Fsp3) is 0.519. The summed E-state index contributed by atoms with van der Waals surface area (Å²) in [6.07, 6.45) is 2.21. The number of aliphatic imine (C=N–C) groups is 1. The summed E-state index contributed by atoms with van der Waals surface area (Å²) in [6.45, 7) is 1.77. The summed E-state index contributed by atoms with van der Waals surface area (Å²) >= 11 is 0. The normalized spacial score (nSPS) is 14.7. The highest BCUT2D eigenvalue weighted by Gasteiger charge is 2.31. The summed E-state index contributed by atoms with van der Waals surface area (Å²) in [7, 11) is 0. The number of rotatable bonds is 18. The van der Waals surface area contributed by atoms with Crippen molar-refractivity contribution >= 4 is 40.6 Å². The lowest BCUT2D eigenvalue weighted by atomic mass is 10.0. The quantitative estimate of drug-likeness (QED) is 0.0526. The largest absolute Gasteiger partial charge is 0.480 e. The minimum Gasteiger partial charge on any atom is -0.480 e. The van der Waals surface area contributed by atoms with E-state index in [4.69, 9.17) is 22.9 Å². The zero-order valence-electron chi connectivity index (χ0n) is 23.7. The number of aliphatic hydroxyl groups excluding tert-OH is 1. The predicted molar refractivity (Wildman–Crippen MR) is 158 cm³/mol. The number of benzene rings is 1. The first kappa shape index (κ1) is 34.0. The zero-order chi connectivity index (χ0) is 31.2. The summed E-state index contributed by atoms with van der Waals surface area (Å²) in [4.78, 5) is 58.0. The second-order valence-electron chi connectivity index (χ2n) is 10.1. The Balaban J connectivity index is 2.18. The number of aliphatic hydroxyl groups is 1. The van der Waals surface area contributed by atoms with Crippen molar-refractivity contribution in [2.24, 2.45) is 27.9 Å². The van der Waals surface area contributed by atoms with Crippen molar-refractivity contribution in [3.8, 4) is 0 Å². The molecule has 2 aromatic rings. The van der Waals surface area contributed by atoms with E-state index in [0.29, 0.717) is 25.8 Å². The molecule has 0 saturated heterocycles. The van der Waals surface area contributed by atoms with Gasteiger partial charge in [-0.3, -0.25) is 19.4 Å². The molecule has 0 aliphatic carbocycles. The fourth-order valence-corrected chi connectivity index (χ4v) is 4.36. The van der Waals surface area contributed by atoms with E-state index < -0.39 is 54.0 Å². The Morgan fingerprint density at radius 3 is 2.19 bits per heavy atom. The summed E-state index contributed by atoms with van der Waals surface area (Å²) in [5, 5.41) is 27.6. The minimum atomic E-state index is -1.58. The molecule has 5 atom stereocenters. The van der Waals surface area contributed by atoms with Crippen LogP contribution in [0.4, 0.5) is 0 Å². The molecular formula is C27H43N9O6. The van der Waals surface area contributed by atoms with Crippen molar-refractivity contribution in [2.45, 2.75) is 75.7 Å². The second kappa shape index (κ2) is 16.9. The third-order valence-corrected chi connectivity index (χ3v) is 6.66. The third kappa shape index (κ3) is 10.6. The Hall–Kier alpha value is -4.21. The molecule has 3 amide bonds. The van der Waals surface area contributed by atoms with Crippen LogP contribution in [0.1, 0.15) is 44.6 Å². The van der Waals surface area contributed by atoms with Crippen LogP contribution in [0.2, 0.25) is 0 Å². The number of H-pyrrole nitrogens is 1. The topological polar surface area (TPSA) is 277 Å². The van der Waals surface area contributed by atoms with Crippen LogP contribution in [-0.4, -0.2) is 88.2 Å². The molecule has 0 radical (unpaired) electrons. The summed E-state index contributed by atoms with van der Waals surface area (Å²) < 4.78 is 0. The van der Waals surface area contributed by atoms with Gasteiger partial charge in [0.05, 0.1) is 12.1 Å². The highest BCUT2D eigenvalue weighted by Crippen LogP contribution is 2.19. The third-order valence-electron chi connectivity index (χ3n) is 6.66. The number of fused-ring (bicyclic) bond motifs is 1. The molecule has 42 heavy (non-hydrogen) atoms. The van der Waals surface area contributed by atoms with Gasteiger partial charge in [-0.1, -0.05) is 18.2 Å². The lowest BCUT2D eigenvalue weighted by molar-refractivity contribution is -0.145. The molecule has 0 spiro atoms. The SMILES string of the molecule is CC(O)C(NC(=O)C(CCCCN)NC(=O)C(CCCN=C(N)N)NC(=O)C(N)Cc1c[nH]c2ccccc12)C(=O)O. The molecule has 2 rings (SSSR count). The monoisotopic (exact) mass is 589 g/mol. The number of hydrogen-bond donors (Lipinski definition) is 10. The fourth-order valence-electron chi connectivity index (χ4n) is 4.36. The number of guanidine groups is 1. The number of aliphatic carboxylic acids is 1. The standard InChI is InChI=1S/C27H43N9O6/c1-15(37)22(26(41)42)36-25(40)20(9-4-5-11-28)35-24(39)21(10-6-12-32-27(30)31)34-23(38)18(29)13-16-14-33-19-8-3-2-7-17(16)19/h2-3,7-8,14-15,18,20-22,33,37H,4-6,9-13,28-29H2,1H3,(H,34,38)(H,35,39)(H,36,40)(H,41,42)(H4,30,31,32). The number of nitrogens with two attached hydrogens (primary N) is 4. The van der Waals surface area contributed by atoms with Crippen molar-refractivity contribution in [1.29, 1.82) is 0 Å². The minimum absolute atomic E-state index is 0.122. The lowest BCUT2D eigenvalue weighted by Gasteiger charge is -2.26. The first-order chi connectivity index (χ1) is 19.9. The molecule has 0 aliphatic rings. The number of carboxylic acids is 1. The molecular weight excluding hydrogens is 546 g/mol. The smallest absolute Gasteiger partial charge is 0.328 e. The number of unbranched alkanes of at least 4 members (excludes halogenated alkanes) is 1. The Labute approximate surface area is 243 Å². The van der Waals surface area contributed by atoms with Crippen LogP contribution in [0.25, 0.3) is 10.9 Å². The Kier molecular flexibility index (Phi) is 13.7. The van der Waals surface area contributed by atoms with Gasteiger partial charge in [0.2, 0.25) is 17.7 Å². The van der Waals surface area contributed by atoms with Gasteiger partial charge >= 0.3 is 5.97 Å². The maximum absolute atomic E-state index is 13.4. The van der Waals surface area contributed by atoms with Gasteiger partial charge in [-0.05, 0) is 63.6 Å². The second-order valence-corrected chi connectivity index (χ2v) is 10.1. The van der Waals surface area contributed by atoms with E-state index in [1.807, 2.05) is 24.3 Å². The first-order valence-electron chi connectivity index (χ1n) is 13.8. The van der Waals surface area contributed by atoms with Gasteiger partial charge in [0.1, 0.15) is 12.1 Å². The molecule has 5 unspecified atom stereocenters. The highest BCUT2D eigenvalue weighted by atomic mass is 16.4. The molecule has 0 bridgehead atoms. The molecule has 15 nitrogen and oxygen atoms in total. The van der Waals surface area contributed by atoms with E-state index in [-0.39, 0.29) is 31.8 Å². The van der Waals surface area contributed by atoms with Crippen LogP contribution in [0, 0.1) is 0 Å². The van der Waals surface area contributed by atoms with Gasteiger partial charge in [0.25, 0.3) is 0 Å². The van der Waals surface area contributed by atoms with E-state index >= 15 is 0 Å². The molecule has 1 aromatic carbocycles. The predicted octanol–water partition coefficient (Wildman–Crippen LogP) is -1.86. The van der Waals surface area contributed by atoms with Gasteiger partial charge < -0.3 is 54.1 Å². The van der Waals surface area contributed by atoms with Crippen molar-refractivity contribution in [3.63, 3.8) is 0 Å². The Bertz CT molecular complexity index is 1230. The van der Waals surface area contributed by atoms with Crippen molar-refractivity contribution < 1.29 is 29.4 Å². The number of carboxylic acid groups (broad SMARTS) is 1. The molecule has 0 saturated carbocycles. The molecule has 15 heteroatoms. The van der Waals surface area contributed by atoms with E-state index in [1.54, 1.807) is 6.20 Å². The Morgan fingerprint density at radius 1 is 0.952 bits per heavy atom. The van der Waals surface area contributed by atoms with Crippen molar-refractivity contribution in [3.05, 3.63) is 36.0 Å². The number of aromatic amines is 1. The van der Waals surface area contributed by atoms with Gasteiger partial charge in [0, 0.05) is 23.6 Å². The average molecular weight is 590 g/mol. The molecule has 1 heterocycles. The molecule has 1 aromatic heterocycles. The lowest BCUT2D eigenvalue weighted by Crippen LogP contribution is -2.58. The zero-order valence-corrected chi connectivity index (χ0v) is 23.7. The van der Waals surface area contributed by atoms with Crippen molar-refractivity contribution in [2.75, 3.05) is 13.1 Å². The van der Waals surface area contributed by atoms with E-state index in [9.17, 15) is 29.4 Å². The Morgan fingerprint density at radius 2 is 1.57 bits per heavy atom. The molecule has 14 N–H and O–H groups in total. The number of para-hydroxylation sites is 1. The van der Waals surface area contributed by atoms with Crippen LogP contribution in [0.15, 0.2) is 35.5 Å². The van der Waals surface area contributed by atoms with Gasteiger partial charge in [-0.25, -0.2) is 4.79 Å². The van der Waals surface area contributed by atoms with Crippen molar-refractivity contribution in [1.82, 2.24) is 20.9 Å². The number of aromatic nitrogens is 1. The number of carbonyl (C=O) groups is 4. The van der Waals surface area contributed by atoms with Gasteiger partial charge in [-0.2, -0.15) is 0 Å². The number of amides is 3. The van der Waals surface area contributed by atoms with E-state index in [2.05, 4.69) is 25.9 Å². The molecule has 0 aliphatic heterocycles. The summed E-state index contributed by atoms with van der Waals surface area (Å²) in [5.74, 6) is -3.60. The van der Waals surface area contributed by atoms with Gasteiger partial charge in [0.15, 0.2) is 12.0 Å². The van der Waals surface area contributed by atoms with E-state index in [1.165, 1.54) is 6.92 Å². The summed E-state index contributed by atoms with van der Waals surface area (Å²) in [5.41, 5.74) is 24.3. The number of carbonyl (C=O) groups excluding carboxylic acids is 3. The van der Waals surface area contributed by atoms with Crippen LogP contribution in [-0.2, 0) is 25.6 Å². The number of nitrogens with one attached hydrogen (secondary N) is 4. The molecule has 0 fully saturated rings. The van der Waals surface area contributed by atoms with E-state index in [0.717, 1.165) is 16.5 Å². The van der Waals surface area contributed by atoms with Crippen LogP contribution < -0.4 is 38.9 Å². The first-order valence-corrected chi connectivity index (χ1v) is 13.8. The number of hydrogen-bond acceptors (Lipinski definition) is 8. The number of nitrogens with zero attached hydrogens (tertiary/aromatic N) is 1. The maximum atomic E-state index is 13.4. The maximum Gasteiger partial charge on any atom is 0.328 e.